The number of nitrogens with one attached hydrogen (secondary N) is 1. The van der Waals surface area contributed by atoms with Gasteiger partial charge in [-0.25, -0.2) is 10.2 Å². The van der Waals surface area contributed by atoms with E-state index in [2.05, 4.69) is 170 Å². The molecule has 1 saturated heterocycles. The first-order chi connectivity index (χ1) is 24.3. The second-order valence-electron chi connectivity index (χ2n) is 14.9. The van der Waals surface area contributed by atoms with Crippen LogP contribution in [0.2, 0.25) is 0 Å². The Morgan fingerprint density at radius 2 is 1.66 bits per heavy atom. The second kappa shape index (κ2) is 11.7. The summed E-state index contributed by atoms with van der Waals surface area (Å²) in [6, 6.07) is 33.2. The van der Waals surface area contributed by atoms with Crippen molar-refractivity contribution < 1.29 is 5.32 Å². The zero-order chi connectivity index (χ0) is 34.2. The van der Waals surface area contributed by atoms with Gasteiger partial charge in [-0.15, -0.1) is 11.3 Å². The molecule has 3 heterocycles. The summed E-state index contributed by atoms with van der Waals surface area (Å²) in [5.74, 6) is 0.768. The Hall–Kier alpha value is -4.77. The number of rotatable bonds is 4. The van der Waals surface area contributed by atoms with Gasteiger partial charge in [0.1, 0.15) is 0 Å². The smallest absolute Gasteiger partial charge is 0.172 e. The molecule has 0 saturated carbocycles. The molecule has 0 amide bonds. The fourth-order valence-corrected chi connectivity index (χ4v) is 10.2. The van der Waals surface area contributed by atoms with Crippen molar-refractivity contribution >= 4 is 42.9 Å². The lowest BCUT2D eigenvalue weighted by Crippen LogP contribution is -3.05. The summed E-state index contributed by atoms with van der Waals surface area (Å²) >= 11 is 1.91. The fraction of sp³-hybridized carbons (Fsp3) is 0.250. The maximum absolute atomic E-state index is 9.48. The highest BCUT2D eigenvalue weighted by Gasteiger charge is 2.49. The molecule has 6 unspecified atom stereocenters. The molecule has 5 nitrogen and oxygen atoms in total. The normalized spacial score (nSPS) is 28.9. The Bertz CT molecular complexity index is 2310. The van der Waals surface area contributed by atoms with Crippen LogP contribution in [0.4, 0.5) is 11.4 Å². The predicted octanol–water partition coefficient (Wildman–Crippen LogP) is 9.08. The number of nitrogens with two attached hydrogens (primary N) is 1. The van der Waals surface area contributed by atoms with E-state index in [-0.39, 0.29) is 29.5 Å². The first-order valence-electron chi connectivity index (χ1n) is 17.7. The number of fused-ring (bicyclic) bond motifs is 7. The summed E-state index contributed by atoms with van der Waals surface area (Å²) in [6.45, 7) is 7.01. The van der Waals surface area contributed by atoms with Crippen molar-refractivity contribution in [3.8, 4) is 6.07 Å². The molecule has 4 aliphatic rings. The Morgan fingerprint density at radius 1 is 0.880 bits per heavy atom. The molecule has 50 heavy (non-hydrogen) atoms. The molecule has 9 rings (SSSR count). The van der Waals surface area contributed by atoms with Crippen LogP contribution in [0.25, 0.3) is 20.2 Å². The number of hydrogen-bond donors (Lipinski definition) is 2. The summed E-state index contributed by atoms with van der Waals surface area (Å²) in [5, 5.41) is 18.7. The summed E-state index contributed by atoms with van der Waals surface area (Å²) in [4.78, 5) is 5.03. The third-order valence-electron chi connectivity index (χ3n) is 11.6. The van der Waals surface area contributed by atoms with Gasteiger partial charge in [-0.05, 0) is 67.8 Å². The minimum absolute atomic E-state index is 0.0252. The van der Waals surface area contributed by atoms with Gasteiger partial charge >= 0.3 is 0 Å². The molecular weight excluding hydrogens is 631 g/mol. The van der Waals surface area contributed by atoms with Crippen molar-refractivity contribution in [1.29, 1.82) is 5.26 Å². The molecule has 5 aromatic rings. The minimum atomic E-state index is -0.311. The second-order valence-corrected chi connectivity index (χ2v) is 15.9. The number of quaternary nitrogens is 1. The van der Waals surface area contributed by atoms with E-state index in [9.17, 15) is 5.26 Å². The Morgan fingerprint density at radius 3 is 2.44 bits per heavy atom. The van der Waals surface area contributed by atoms with Gasteiger partial charge in [0.05, 0.1) is 33.7 Å². The van der Waals surface area contributed by atoms with Crippen LogP contribution in [0.3, 0.4) is 0 Å². The Balaban J connectivity index is 1.13. The standard InChI is InChI=1S/C44H41N5S/c1-28-10-9-11-32(26-28)44(3)46-41(30-17-15-29(27-45)16-18-30)48(4)42(47-44)31-19-21-33(22-20-31)49-39-36(37-13-7-8-25-43(37,49)2)24-23-35-34-12-5-6-14-38(34)50-40(35)39/h5-25,28,37,41-42,46-47H,26H2,1-4H3/p+1. The first kappa shape index (κ1) is 31.2. The quantitative estimate of drug-likeness (QED) is 0.200. The number of hydrogen-bond acceptors (Lipinski definition) is 5. The van der Waals surface area contributed by atoms with Gasteiger partial charge < -0.3 is 10.2 Å². The van der Waals surface area contributed by atoms with Crippen molar-refractivity contribution in [2.45, 2.75) is 56.6 Å². The van der Waals surface area contributed by atoms with Crippen LogP contribution < -0.4 is 15.5 Å². The van der Waals surface area contributed by atoms with Crippen molar-refractivity contribution in [2.75, 3.05) is 11.9 Å². The lowest BCUT2D eigenvalue weighted by molar-refractivity contribution is -0.789. The number of nitriles is 1. The maximum Gasteiger partial charge on any atom is 0.172 e. The van der Waals surface area contributed by atoms with E-state index in [0.29, 0.717) is 11.5 Å². The van der Waals surface area contributed by atoms with Gasteiger partial charge in [-0.1, -0.05) is 104 Å². The van der Waals surface area contributed by atoms with Crippen molar-refractivity contribution in [3.63, 3.8) is 0 Å². The van der Waals surface area contributed by atoms with Gasteiger partial charge in [0, 0.05) is 45.1 Å². The Kier molecular flexibility index (Phi) is 7.28. The highest BCUT2D eigenvalue weighted by atomic mass is 32.1. The SMILES string of the molecule is CC1C=CC=C(C2(C)NC(c3ccc(N4c5c(ccc6c5sc5ccccc56)C5C=CC=CC54C)cc3)N(C)C(c3ccc(C#N)cc3)[NH2+]2)C1. The van der Waals surface area contributed by atoms with E-state index in [1.165, 1.54) is 53.8 Å². The predicted molar refractivity (Wildman–Crippen MR) is 206 cm³/mol. The van der Waals surface area contributed by atoms with Crippen LogP contribution in [0.5, 0.6) is 0 Å². The van der Waals surface area contributed by atoms with E-state index in [1.807, 2.05) is 23.5 Å². The van der Waals surface area contributed by atoms with E-state index < -0.39 is 0 Å². The van der Waals surface area contributed by atoms with Gasteiger partial charge in [-0.3, -0.25) is 0 Å². The summed E-state index contributed by atoms with van der Waals surface area (Å²) in [7, 11) is 2.21. The molecule has 0 radical (unpaired) electrons. The molecule has 4 aromatic carbocycles. The van der Waals surface area contributed by atoms with Crippen LogP contribution in [-0.4, -0.2) is 23.1 Å². The van der Waals surface area contributed by atoms with E-state index in [1.54, 1.807) is 0 Å². The molecule has 248 valence electrons. The fourth-order valence-electron chi connectivity index (χ4n) is 8.94. The summed E-state index contributed by atoms with van der Waals surface area (Å²) in [6.07, 6.45) is 17.1. The zero-order valence-corrected chi connectivity index (χ0v) is 29.8. The molecule has 6 heteroatoms. The molecular formula is C44H42N5S+. The lowest BCUT2D eigenvalue weighted by atomic mass is 9.80. The average molecular weight is 673 g/mol. The molecule has 2 aliphatic carbocycles. The van der Waals surface area contributed by atoms with Crippen molar-refractivity contribution in [1.82, 2.24) is 10.2 Å². The third-order valence-corrected chi connectivity index (χ3v) is 12.8. The zero-order valence-electron chi connectivity index (χ0n) is 29.0. The maximum atomic E-state index is 9.48. The van der Waals surface area contributed by atoms with Crippen molar-refractivity contribution in [2.24, 2.45) is 5.92 Å². The molecule has 1 aromatic heterocycles. The van der Waals surface area contributed by atoms with E-state index in [4.69, 9.17) is 0 Å². The van der Waals surface area contributed by atoms with Crippen LogP contribution >= 0.6 is 11.3 Å². The van der Waals surface area contributed by atoms with Crippen LogP contribution in [0, 0.1) is 17.2 Å². The van der Waals surface area contributed by atoms with E-state index >= 15 is 0 Å². The van der Waals surface area contributed by atoms with Crippen LogP contribution in [0.1, 0.15) is 67.7 Å². The molecule has 1 fully saturated rings. The number of benzene rings is 4. The van der Waals surface area contributed by atoms with Crippen LogP contribution in [0.15, 0.2) is 133 Å². The number of allylic oxidation sites excluding steroid dienone is 5. The number of nitrogens with zero attached hydrogens (tertiary/aromatic N) is 3. The molecule has 3 N–H and O–H groups in total. The summed E-state index contributed by atoms with van der Waals surface area (Å²) in [5.41, 5.74) is 7.92. The largest absolute Gasteiger partial charge is 0.330 e. The molecule has 0 bridgehead atoms. The average Bonchev–Trinajstić information content (AvgIpc) is 3.65. The highest BCUT2D eigenvalue weighted by Crippen LogP contribution is 2.58. The van der Waals surface area contributed by atoms with Crippen LogP contribution in [-0.2, 0) is 0 Å². The third kappa shape index (κ3) is 4.76. The summed E-state index contributed by atoms with van der Waals surface area (Å²) < 4.78 is 2.69. The number of thiophene rings is 1. The first-order valence-corrected chi connectivity index (χ1v) is 18.5. The topological polar surface area (TPSA) is 58.9 Å². The van der Waals surface area contributed by atoms with Gasteiger partial charge in [-0.2, -0.15) is 5.26 Å². The monoisotopic (exact) mass is 672 g/mol. The lowest BCUT2D eigenvalue weighted by Gasteiger charge is -2.49. The van der Waals surface area contributed by atoms with Crippen molar-refractivity contribution in [3.05, 3.63) is 155 Å². The molecule has 6 atom stereocenters. The minimum Gasteiger partial charge on any atom is -0.330 e. The highest BCUT2D eigenvalue weighted by molar-refractivity contribution is 7.26. The Labute approximate surface area is 298 Å². The molecule has 0 spiro atoms. The molecule has 2 aliphatic heterocycles. The van der Waals surface area contributed by atoms with E-state index in [0.717, 1.165) is 6.42 Å². The number of anilines is 2. The van der Waals surface area contributed by atoms with Gasteiger partial charge in [0.25, 0.3) is 0 Å². The van der Waals surface area contributed by atoms with Gasteiger partial charge in [0.15, 0.2) is 11.8 Å². The van der Waals surface area contributed by atoms with Gasteiger partial charge in [0.2, 0.25) is 0 Å².